The Bertz CT molecular complexity index is 840. The lowest BCUT2D eigenvalue weighted by Crippen LogP contribution is -2.20. The Morgan fingerprint density at radius 2 is 2.03 bits per heavy atom. The summed E-state index contributed by atoms with van der Waals surface area (Å²) < 4.78 is 9.72. The molecule has 0 spiro atoms. The van der Waals surface area contributed by atoms with Crippen LogP contribution in [0.2, 0.25) is 0 Å². The number of methoxy groups -OCH3 is 1. The Hall–Kier alpha value is -2.20. The van der Waals surface area contributed by atoms with E-state index >= 15 is 0 Å². The number of carboxylic acids is 1. The molecule has 0 bridgehead atoms. The first-order valence-corrected chi connectivity index (χ1v) is 12.5. The molecule has 1 aliphatic carbocycles. The molecular formula is C25H34O8S. The summed E-state index contributed by atoms with van der Waals surface area (Å²) in [6.45, 7) is -0.118. The summed E-state index contributed by atoms with van der Waals surface area (Å²) in [5.74, 6) is -0.920. The van der Waals surface area contributed by atoms with E-state index in [1.54, 1.807) is 31.0 Å². The fraction of sp³-hybridized carbons (Fsp3) is 0.560. The zero-order valence-electron chi connectivity index (χ0n) is 19.4. The zero-order valence-corrected chi connectivity index (χ0v) is 20.2. The predicted molar refractivity (Wildman–Crippen MR) is 128 cm³/mol. The lowest BCUT2D eigenvalue weighted by atomic mass is 9.91. The number of hydrogen-bond acceptors (Lipinski definition) is 8. The molecule has 1 aromatic rings. The minimum Gasteiger partial charge on any atom is -0.479 e. The van der Waals surface area contributed by atoms with Gasteiger partial charge in [-0.25, -0.2) is 4.79 Å². The van der Waals surface area contributed by atoms with E-state index in [1.807, 2.05) is 24.3 Å². The van der Waals surface area contributed by atoms with E-state index in [4.69, 9.17) is 9.84 Å². The van der Waals surface area contributed by atoms with E-state index in [9.17, 15) is 24.6 Å². The summed E-state index contributed by atoms with van der Waals surface area (Å²) in [5, 5.41) is 29.3. The minimum absolute atomic E-state index is 0.0294. The Morgan fingerprint density at radius 1 is 1.26 bits per heavy atom. The standard InChI is InChI=1S/C25H34O8S/c1-32-15-18-5-2-4-17(12-18)13-19(26)7-8-20-21(23(28)14-22(20)27)9-11-34-10-3-6-25(31)33-16-24(29)30/h2,4-5,7-8,12,19-22,26-27H,3,6,9-11,13-16H2,1H3,(H,29,30)/b8-7+/t19-,20-,21-,22-/m1/s1. The summed E-state index contributed by atoms with van der Waals surface area (Å²) in [5.41, 5.74) is 2.01. The number of carboxylic acid groups (broad SMARTS) is 1. The van der Waals surface area contributed by atoms with Gasteiger partial charge in [-0.05, 0) is 35.5 Å². The van der Waals surface area contributed by atoms with Gasteiger partial charge in [0.15, 0.2) is 6.61 Å². The van der Waals surface area contributed by atoms with Gasteiger partial charge in [0.1, 0.15) is 5.78 Å². The first kappa shape index (κ1) is 28.0. The highest BCUT2D eigenvalue weighted by molar-refractivity contribution is 7.99. The summed E-state index contributed by atoms with van der Waals surface area (Å²) in [6, 6.07) is 7.81. The van der Waals surface area contributed by atoms with Crippen LogP contribution in [-0.4, -0.2) is 70.5 Å². The third-order valence-corrected chi connectivity index (χ3v) is 6.74. The van der Waals surface area contributed by atoms with Crippen molar-refractivity contribution in [3.63, 3.8) is 0 Å². The van der Waals surface area contributed by atoms with Crippen LogP contribution in [0.4, 0.5) is 0 Å². The van der Waals surface area contributed by atoms with Crippen LogP contribution in [0.25, 0.3) is 0 Å². The number of benzene rings is 1. The molecule has 1 saturated carbocycles. The van der Waals surface area contributed by atoms with Crippen LogP contribution in [0.15, 0.2) is 36.4 Å². The molecule has 0 saturated heterocycles. The van der Waals surface area contributed by atoms with Crippen molar-refractivity contribution in [2.24, 2.45) is 11.8 Å². The monoisotopic (exact) mass is 494 g/mol. The number of ketones is 1. The SMILES string of the molecule is COCc1cccc(C[C@H](O)/C=C/[C@H]2[C@H](O)CC(=O)[C@@H]2CCSCCCC(=O)OCC(=O)O)c1. The van der Waals surface area contributed by atoms with Crippen LogP contribution in [0.5, 0.6) is 0 Å². The summed E-state index contributed by atoms with van der Waals surface area (Å²) in [6.07, 6.45) is 3.83. The number of carbonyl (C=O) groups is 3. The topological polar surface area (TPSA) is 130 Å². The second kappa shape index (κ2) is 14.9. The maximum atomic E-state index is 12.4. The Kier molecular flexibility index (Phi) is 12.3. The van der Waals surface area contributed by atoms with E-state index in [0.717, 1.165) is 11.1 Å². The van der Waals surface area contributed by atoms with Gasteiger partial charge in [0.05, 0.1) is 18.8 Å². The average Bonchev–Trinajstić information content (AvgIpc) is 3.05. The van der Waals surface area contributed by atoms with Gasteiger partial charge in [-0.1, -0.05) is 36.4 Å². The summed E-state index contributed by atoms with van der Waals surface area (Å²) in [7, 11) is 1.63. The predicted octanol–water partition coefficient (Wildman–Crippen LogP) is 2.39. The lowest BCUT2D eigenvalue weighted by molar-refractivity contribution is -0.155. The number of aliphatic hydroxyl groups is 2. The number of esters is 1. The molecule has 0 unspecified atom stereocenters. The molecule has 188 valence electrons. The van der Waals surface area contributed by atoms with Crippen molar-refractivity contribution >= 4 is 29.5 Å². The molecule has 8 nitrogen and oxygen atoms in total. The van der Waals surface area contributed by atoms with Crippen LogP contribution in [-0.2, 0) is 36.9 Å². The molecule has 34 heavy (non-hydrogen) atoms. The van der Waals surface area contributed by atoms with Crippen molar-refractivity contribution in [3.8, 4) is 0 Å². The van der Waals surface area contributed by atoms with Crippen molar-refractivity contribution in [1.82, 2.24) is 0 Å². The van der Waals surface area contributed by atoms with Crippen molar-refractivity contribution < 1.29 is 39.2 Å². The normalized spacial score (nSPS) is 21.1. The number of carbonyl (C=O) groups excluding carboxylic acids is 2. The summed E-state index contributed by atoms with van der Waals surface area (Å²) >= 11 is 1.60. The van der Waals surface area contributed by atoms with Crippen molar-refractivity contribution in [3.05, 3.63) is 47.5 Å². The highest BCUT2D eigenvalue weighted by Crippen LogP contribution is 2.34. The Labute approximate surface area is 204 Å². The molecule has 1 aliphatic rings. The van der Waals surface area contributed by atoms with Gasteiger partial charge in [-0.3, -0.25) is 9.59 Å². The van der Waals surface area contributed by atoms with E-state index in [-0.39, 0.29) is 30.5 Å². The van der Waals surface area contributed by atoms with Crippen molar-refractivity contribution in [1.29, 1.82) is 0 Å². The molecule has 0 amide bonds. The molecule has 9 heteroatoms. The van der Waals surface area contributed by atoms with Crippen molar-refractivity contribution in [2.45, 2.75) is 50.9 Å². The van der Waals surface area contributed by atoms with Crippen LogP contribution in [0.1, 0.15) is 36.8 Å². The van der Waals surface area contributed by atoms with E-state index in [1.165, 1.54) is 0 Å². The van der Waals surface area contributed by atoms with E-state index in [0.29, 0.717) is 37.4 Å². The van der Waals surface area contributed by atoms with Gasteiger partial charge < -0.3 is 24.8 Å². The lowest BCUT2D eigenvalue weighted by Gasteiger charge is -2.18. The Morgan fingerprint density at radius 3 is 2.76 bits per heavy atom. The molecule has 1 fully saturated rings. The number of thioether (sulfide) groups is 1. The number of Topliss-reactive ketones (excluding diaryl/α,β-unsaturated/α-hetero) is 1. The number of aliphatic hydroxyl groups excluding tert-OH is 2. The molecule has 2 rings (SSSR count). The molecule has 0 heterocycles. The highest BCUT2D eigenvalue weighted by Gasteiger charge is 2.39. The van der Waals surface area contributed by atoms with E-state index in [2.05, 4.69) is 4.74 Å². The Balaban J connectivity index is 1.76. The largest absolute Gasteiger partial charge is 0.479 e. The fourth-order valence-electron chi connectivity index (χ4n) is 4.02. The quantitative estimate of drug-likeness (QED) is 0.191. The van der Waals surface area contributed by atoms with Gasteiger partial charge in [0.25, 0.3) is 0 Å². The maximum Gasteiger partial charge on any atom is 0.341 e. The van der Waals surface area contributed by atoms with Crippen LogP contribution >= 0.6 is 11.8 Å². The van der Waals surface area contributed by atoms with E-state index < -0.39 is 30.8 Å². The summed E-state index contributed by atoms with van der Waals surface area (Å²) in [4.78, 5) is 34.1. The molecule has 0 aromatic heterocycles. The van der Waals surface area contributed by atoms with Crippen LogP contribution in [0.3, 0.4) is 0 Å². The van der Waals surface area contributed by atoms with Crippen LogP contribution in [0, 0.1) is 11.8 Å². The molecule has 3 N–H and O–H groups in total. The zero-order chi connectivity index (χ0) is 24.9. The first-order valence-electron chi connectivity index (χ1n) is 11.4. The van der Waals surface area contributed by atoms with Crippen molar-refractivity contribution in [2.75, 3.05) is 25.2 Å². The van der Waals surface area contributed by atoms with Gasteiger partial charge in [0.2, 0.25) is 0 Å². The smallest absolute Gasteiger partial charge is 0.341 e. The highest BCUT2D eigenvalue weighted by atomic mass is 32.2. The number of aliphatic carboxylic acids is 1. The first-order chi connectivity index (χ1) is 16.3. The second-order valence-electron chi connectivity index (χ2n) is 8.39. The average molecular weight is 495 g/mol. The number of hydrogen-bond donors (Lipinski definition) is 3. The fourth-order valence-corrected chi connectivity index (χ4v) is 4.99. The number of rotatable bonds is 15. The molecule has 0 radical (unpaired) electrons. The van der Waals surface area contributed by atoms with Gasteiger partial charge in [-0.2, -0.15) is 11.8 Å². The molecule has 1 aromatic carbocycles. The van der Waals surface area contributed by atoms with Gasteiger partial charge in [0, 0.05) is 38.2 Å². The maximum absolute atomic E-state index is 12.4. The molecule has 0 aliphatic heterocycles. The van der Waals surface area contributed by atoms with Gasteiger partial charge >= 0.3 is 11.9 Å². The third-order valence-electron chi connectivity index (χ3n) is 5.63. The van der Waals surface area contributed by atoms with Gasteiger partial charge in [-0.15, -0.1) is 0 Å². The minimum atomic E-state index is -1.18. The van der Waals surface area contributed by atoms with Crippen LogP contribution < -0.4 is 0 Å². The third kappa shape index (κ3) is 9.97. The second-order valence-corrected chi connectivity index (χ2v) is 9.61. The number of ether oxygens (including phenoxy) is 2. The molecular weight excluding hydrogens is 460 g/mol. The molecule has 4 atom stereocenters.